The summed E-state index contributed by atoms with van der Waals surface area (Å²) >= 11 is 1.53. The molecule has 206 valence electrons. The molecule has 4 heterocycles. The number of nitrogens with zero attached hydrogens (tertiary/aromatic N) is 5. The molecular weight excluding hydrogens is 524 g/mol. The van der Waals surface area contributed by atoms with Gasteiger partial charge in [0.25, 0.3) is 0 Å². The number of nitrogen functional groups attached to an aromatic ring is 1. The van der Waals surface area contributed by atoms with Crippen molar-refractivity contribution in [3.63, 3.8) is 0 Å². The Labute approximate surface area is 228 Å². The van der Waals surface area contributed by atoms with Crippen molar-refractivity contribution in [3.8, 4) is 22.5 Å². The van der Waals surface area contributed by atoms with Gasteiger partial charge in [0.2, 0.25) is 0 Å². The van der Waals surface area contributed by atoms with Crippen LogP contribution < -0.4 is 5.73 Å². The number of ether oxygens (including phenoxy) is 2. The van der Waals surface area contributed by atoms with Crippen LogP contribution in [0.4, 0.5) is 10.6 Å². The lowest BCUT2D eigenvalue weighted by Gasteiger charge is -2.29. The van der Waals surface area contributed by atoms with Crippen LogP contribution in [0, 0.1) is 0 Å². The number of carbonyl (C=O) groups is 2. The van der Waals surface area contributed by atoms with E-state index in [4.69, 9.17) is 35.2 Å². The van der Waals surface area contributed by atoms with E-state index in [9.17, 15) is 4.79 Å². The van der Waals surface area contributed by atoms with E-state index in [0.29, 0.717) is 30.2 Å². The quantitative estimate of drug-likeness (QED) is 0.205. The fourth-order valence-corrected chi connectivity index (χ4v) is 5.28. The summed E-state index contributed by atoms with van der Waals surface area (Å²) in [6.45, 7) is 2.72. The molecule has 0 unspecified atom stereocenters. The predicted molar refractivity (Wildman–Crippen MR) is 145 cm³/mol. The first-order valence-corrected chi connectivity index (χ1v) is 13.3. The molecule has 5 rings (SSSR count). The number of carboxylic acid groups (broad SMARTS) is 2. The van der Waals surface area contributed by atoms with Gasteiger partial charge in [-0.3, -0.25) is 9.78 Å². The molecule has 0 bridgehead atoms. The van der Waals surface area contributed by atoms with E-state index in [1.54, 1.807) is 29.5 Å². The summed E-state index contributed by atoms with van der Waals surface area (Å²) in [5, 5.41) is 20.4. The smallest absolute Gasteiger partial charge is 0.450 e. The topological polar surface area (TPSA) is 175 Å². The number of hydrogen-bond donors (Lipinski definition) is 3. The summed E-state index contributed by atoms with van der Waals surface area (Å²) in [4.78, 5) is 35.1. The predicted octanol–water partition coefficient (Wildman–Crippen LogP) is 4.61. The lowest BCUT2D eigenvalue weighted by Crippen LogP contribution is -2.24. The zero-order chi connectivity index (χ0) is 27.9. The molecule has 4 aromatic heterocycles. The third-order valence-corrected chi connectivity index (χ3v) is 7.12. The molecule has 0 atom stereocenters. The summed E-state index contributed by atoms with van der Waals surface area (Å²) in [6.07, 6.45) is 5.48. The van der Waals surface area contributed by atoms with Crippen molar-refractivity contribution in [2.75, 3.05) is 26.1 Å². The number of pyridine rings is 1. The number of methoxy groups -OCH3 is 1. The van der Waals surface area contributed by atoms with Crippen LogP contribution in [0.15, 0.2) is 35.4 Å². The van der Waals surface area contributed by atoms with Gasteiger partial charge in [-0.1, -0.05) is 6.07 Å². The Morgan fingerprint density at radius 1 is 1.10 bits per heavy atom. The van der Waals surface area contributed by atoms with Crippen LogP contribution in [0.5, 0.6) is 0 Å². The van der Waals surface area contributed by atoms with Crippen molar-refractivity contribution in [1.82, 2.24) is 24.6 Å². The second kappa shape index (κ2) is 12.7. The fourth-order valence-electron chi connectivity index (χ4n) is 4.74. The molecule has 4 N–H and O–H groups in total. The van der Waals surface area contributed by atoms with Gasteiger partial charge in [-0.05, 0) is 38.7 Å². The molecule has 1 fully saturated rings. The third kappa shape index (κ3) is 6.56. The van der Waals surface area contributed by atoms with Crippen molar-refractivity contribution in [1.29, 1.82) is 0 Å². The Kier molecular flexibility index (Phi) is 9.17. The maximum Gasteiger partial charge on any atom is 0.503 e. The summed E-state index contributed by atoms with van der Waals surface area (Å²) < 4.78 is 12.6. The number of rotatable bonds is 8. The molecule has 4 aromatic rings. The van der Waals surface area contributed by atoms with Crippen LogP contribution in [0.3, 0.4) is 0 Å². The zero-order valence-corrected chi connectivity index (χ0v) is 22.4. The molecule has 0 spiro atoms. The highest BCUT2D eigenvalue weighted by Gasteiger charge is 2.29. The molecule has 1 saturated carbocycles. The number of fused-ring (bicyclic) bond motifs is 1. The van der Waals surface area contributed by atoms with Crippen LogP contribution in [0.25, 0.3) is 28.2 Å². The minimum atomic E-state index is -1.83. The van der Waals surface area contributed by atoms with Gasteiger partial charge >= 0.3 is 6.16 Å². The fraction of sp³-hybridized carbons (Fsp3) is 0.385. The first kappa shape index (κ1) is 28.1. The van der Waals surface area contributed by atoms with Gasteiger partial charge in [-0.2, -0.15) is 9.61 Å². The third-order valence-electron chi connectivity index (χ3n) is 6.53. The molecule has 39 heavy (non-hydrogen) atoms. The van der Waals surface area contributed by atoms with E-state index < -0.39 is 6.16 Å². The summed E-state index contributed by atoms with van der Waals surface area (Å²) in [5.74, 6) is 0.363. The average molecular weight is 555 g/mol. The molecule has 1 aliphatic carbocycles. The van der Waals surface area contributed by atoms with E-state index in [2.05, 4.69) is 15.1 Å². The van der Waals surface area contributed by atoms with Gasteiger partial charge in [0.05, 0.1) is 53.7 Å². The van der Waals surface area contributed by atoms with Gasteiger partial charge in [0, 0.05) is 35.7 Å². The Morgan fingerprint density at radius 2 is 1.85 bits per heavy atom. The maximum absolute atomic E-state index is 12.6. The van der Waals surface area contributed by atoms with Gasteiger partial charge < -0.3 is 25.4 Å². The van der Waals surface area contributed by atoms with Gasteiger partial charge in [0.1, 0.15) is 5.82 Å². The molecule has 0 amide bonds. The summed E-state index contributed by atoms with van der Waals surface area (Å²) in [6, 6.07) is 3.92. The lowest BCUT2D eigenvalue weighted by molar-refractivity contribution is -0.00298. The number of aromatic nitrogens is 5. The molecule has 0 aliphatic heterocycles. The van der Waals surface area contributed by atoms with E-state index in [0.717, 1.165) is 53.9 Å². The summed E-state index contributed by atoms with van der Waals surface area (Å²) in [7, 11) is 1.67. The minimum absolute atomic E-state index is 0.100. The van der Waals surface area contributed by atoms with Crippen molar-refractivity contribution >= 4 is 34.7 Å². The Hall–Kier alpha value is -3.94. The van der Waals surface area contributed by atoms with Crippen molar-refractivity contribution < 1.29 is 29.3 Å². The van der Waals surface area contributed by atoms with Crippen molar-refractivity contribution in [2.24, 2.45) is 0 Å². The molecule has 12 nitrogen and oxygen atoms in total. The Morgan fingerprint density at radius 3 is 2.44 bits per heavy atom. The van der Waals surface area contributed by atoms with Crippen LogP contribution in [-0.4, -0.2) is 73.1 Å². The normalized spacial score (nSPS) is 17.0. The number of carbonyl (C=O) groups excluding carboxylic acids is 1. The Bertz CT molecular complexity index is 1410. The number of hydrogen-bond acceptors (Lipinski definition) is 10. The second-order valence-electron chi connectivity index (χ2n) is 9.03. The molecular formula is C26H30N6O6S. The molecule has 0 radical (unpaired) electrons. The molecule has 1 aliphatic rings. The molecule has 13 heteroatoms. The van der Waals surface area contributed by atoms with Crippen molar-refractivity contribution in [2.45, 2.75) is 44.6 Å². The highest BCUT2D eigenvalue weighted by atomic mass is 32.1. The first-order chi connectivity index (χ1) is 18.8. The van der Waals surface area contributed by atoms with Gasteiger partial charge in [-0.15, -0.1) is 11.3 Å². The van der Waals surface area contributed by atoms with Gasteiger partial charge in [-0.25, -0.2) is 14.8 Å². The highest BCUT2D eigenvalue weighted by Crippen LogP contribution is 2.38. The zero-order valence-electron chi connectivity index (χ0n) is 21.6. The monoisotopic (exact) mass is 554 g/mol. The van der Waals surface area contributed by atoms with E-state index in [1.807, 2.05) is 17.5 Å². The SMILES string of the molecule is COCCO[C@H]1CC[C@H](c2nc3c(-c4ccc(-c5cscn5)nc4)cnn3c(N)c2C(C)=O)CC1.O=C(O)O. The first-order valence-electron chi connectivity index (χ1n) is 12.4. The number of Topliss-reactive ketones (excluding diaryl/α,β-unsaturated/α-hetero) is 1. The van der Waals surface area contributed by atoms with Crippen LogP contribution in [0.2, 0.25) is 0 Å². The number of thiazole rings is 1. The lowest BCUT2D eigenvalue weighted by atomic mass is 9.83. The molecule has 0 aromatic carbocycles. The standard InChI is InChI=1S/C25H28N6O3S.CH2O3/c1-15(32)22-23(16-3-6-18(7-4-16)34-10-9-33-2)30-25-19(12-29-31(25)24(22)26)17-5-8-20(27-11-17)21-13-35-14-28-21;2-1(3)4/h5,8,11-14,16,18H,3-4,6-7,9-10,26H2,1-2H3;(H2,2,3,4)/t16-,18-;. The maximum atomic E-state index is 12.6. The number of anilines is 1. The van der Waals surface area contributed by atoms with Crippen LogP contribution in [-0.2, 0) is 9.47 Å². The average Bonchev–Trinajstić information content (AvgIpc) is 3.60. The van der Waals surface area contributed by atoms with Gasteiger partial charge in [0.15, 0.2) is 11.4 Å². The Balaban J connectivity index is 0.000000826. The van der Waals surface area contributed by atoms with E-state index >= 15 is 0 Å². The summed E-state index contributed by atoms with van der Waals surface area (Å²) in [5.41, 5.74) is 13.5. The number of nitrogens with two attached hydrogens (primary N) is 1. The van der Waals surface area contributed by atoms with E-state index in [-0.39, 0.29) is 17.8 Å². The van der Waals surface area contributed by atoms with Crippen molar-refractivity contribution in [3.05, 3.63) is 46.7 Å². The minimum Gasteiger partial charge on any atom is -0.450 e. The van der Waals surface area contributed by atoms with Crippen LogP contribution in [0.1, 0.15) is 54.6 Å². The van der Waals surface area contributed by atoms with Crippen LogP contribution >= 0.6 is 11.3 Å². The second-order valence-corrected chi connectivity index (χ2v) is 9.75. The van der Waals surface area contributed by atoms with E-state index in [1.165, 1.54) is 18.3 Å². The largest absolute Gasteiger partial charge is 0.503 e. The molecule has 0 saturated heterocycles. The highest BCUT2D eigenvalue weighted by molar-refractivity contribution is 7.07. The number of ketones is 1.